The zero-order chi connectivity index (χ0) is 15.4. The molecule has 0 aliphatic heterocycles. The lowest BCUT2D eigenvalue weighted by atomic mass is 10.2. The van der Waals surface area contributed by atoms with Crippen molar-refractivity contribution in [3.63, 3.8) is 0 Å². The SMILES string of the molecule is COc1c(Cl)cc(C=Nc2ccc([N+](=O)[O-])cc2)cc1Cl. The predicted molar refractivity (Wildman–Crippen MR) is 83.4 cm³/mol. The largest absolute Gasteiger partial charge is 0.494 e. The molecule has 7 heteroatoms. The molecule has 0 heterocycles. The molecule has 21 heavy (non-hydrogen) atoms. The molecule has 0 aromatic heterocycles. The molecule has 0 unspecified atom stereocenters. The van der Waals surface area contributed by atoms with Gasteiger partial charge in [0.05, 0.1) is 27.8 Å². The van der Waals surface area contributed by atoms with E-state index in [1.807, 2.05) is 0 Å². The minimum atomic E-state index is -0.462. The van der Waals surface area contributed by atoms with E-state index in [-0.39, 0.29) is 5.69 Å². The van der Waals surface area contributed by atoms with Crippen LogP contribution in [-0.2, 0) is 0 Å². The Kier molecular flexibility index (Phi) is 4.77. The first-order chi connectivity index (χ1) is 10.0. The fraction of sp³-hybridized carbons (Fsp3) is 0.0714. The molecular weight excluding hydrogens is 315 g/mol. The summed E-state index contributed by atoms with van der Waals surface area (Å²) >= 11 is 12.1. The average Bonchev–Trinajstić information content (AvgIpc) is 2.45. The van der Waals surface area contributed by atoms with Crippen molar-refractivity contribution in [1.82, 2.24) is 0 Å². The number of benzene rings is 2. The van der Waals surface area contributed by atoms with E-state index in [0.717, 1.165) is 0 Å². The number of rotatable bonds is 4. The Morgan fingerprint density at radius 1 is 1.19 bits per heavy atom. The van der Waals surface area contributed by atoms with Crippen molar-refractivity contribution in [2.45, 2.75) is 0 Å². The highest BCUT2D eigenvalue weighted by atomic mass is 35.5. The van der Waals surface area contributed by atoms with Crippen LogP contribution in [0, 0.1) is 10.1 Å². The zero-order valence-electron chi connectivity index (χ0n) is 10.9. The van der Waals surface area contributed by atoms with E-state index >= 15 is 0 Å². The lowest BCUT2D eigenvalue weighted by Crippen LogP contribution is -1.89. The van der Waals surface area contributed by atoms with Gasteiger partial charge in [-0.05, 0) is 29.8 Å². The van der Waals surface area contributed by atoms with Crippen LogP contribution in [0.25, 0.3) is 0 Å². The van der Waals surface area contributed by atoms with Gasteiger partial charge < -0.3 is 4.74 Å². The third-order valence-electron chi connectivity index (χ3n) is 2.65. The molecule has 0 aliphatic rings. The van der Waals surface area contributed by atoms with Crippen LogP contribution in [0.15, 0.2) is 41.4 Å². The molecular formula is C14H10Cl2N2O3. The Morgan fingerprint density at radius 2 is 1.76 bits per heavy atom. The summed E-state index contributed by atoms with van der Waals surface area (Å²) in [6.45, 7) is 0. The van der Waals surface area contributed by atoms with Crippen molar-refractivity contribution in [2.24, 2.45) is 4.99 Å². The predicted octanol–water partition coefficient (Wildman–Crippen LogP) is 4.66. The molecule has 0 saturated heterocycles. The first-order valence-electron chi connectivity index (χ1n) is 5.83. The first-order valence-corrected chi connectivity index (χ1v) is 6.58. The van der Waals surface area contributed by atoms with Gasteiger partial charge in [0.25, 0.3) is 5.69 Å². The summed E-state index contributed by atoms with van der Waals surface area (Å²) in [5, 5.41) is 11.3. The number of halogens is 2. The van der Waals surface area contributed by atoms with Gasteiger partial charge in [0, 0.05) is 18.3 Å². The van der Waals surface area contributed by atoms with Crippen molar-refractivity contribution in [3.05, 3.63) is 62.1 Å². The number of hydrogen-bond acceptors (Lipinski definition) is 4. The van der Waals surface area contributed by atoms with Crippen LogP contribution in [0.3, 0.4) is 0 Å². The maximum Gasteiger partial charge on any atom is 0.269 e. The Hall–Kier alpha value is -2.11. The first kappa shape index (κ1) is 15.3. The second-order valence-electron chi connectivity index (χ2n) is 4.05. The second kappa shape index (κ2) is 6.56. The van der Waals surface area contributed by atoms with Crippen LogP contribution in [-0.4, -0.2) is 18.2 Å². The molecule has 0 saturated carbocycles. The molecule has 2 aromatic rings. The lowest BCUT2D eigenvalue weighted by molar-refractivity contribution is -0.384. The Morgan fingerprint density at radius 3 is 2.24 bits per heavy atom. The number of methoxy groups -OCH3 is 1. The third-order valence-corrected chi connectivity index (χ3v) is 3.21. The quantitative estimate of drug-likeness (QED) is 0.466. The van der Waals surface area contributed by atoms with Gasteiger partial charge in [-0.2, -0.15) is 0 Å². The average molecular weight is 325 g/mol. The maximum absolute atomic E-state index is 10.6. The van der Waals surface area contributed by atoms with E-state index in [2.05, 4.69) is 4.99 Å². The number of ether oxygens (including phenoxy) is 1. The number of hydrogen-bond donors (Lipinski definition) is 0. The Bertz CT molecular complexity index is 677. The fourth-order valence-electron chi connectivity index (χ4n) is 1.66. The Balaban J connectivity index is 2.23. The van der Waals surface area contributed by atoms with Crippen molar-refractivity contribution in [2.75, 3.05) is 7.11 Å². The molecule has 5 nitrogen and oxygen atoms in total. The summed E-state index contributed by atoms with van der Waals surface area (Å²) in [7, 11) is 1.48. The van der Waals surface area contributed by atoms with Gasteiger partial charge in [0.1, 0.15) is 0 Å². The molecule has 0 N–H and O–H groups in total. The molecule has 2 aromatic carbocycles. The minimum absolute atomic E-state index is 0.0180. The van der Waals surface area contributed by atoms with Crippen molar-refractivity contribution in [3.8, 4) is 5.75 Å². The summed E-state index contributed by atoms with van der Waals surface area (Å²) in [5.74, 6) is 0.408. The summed E-state index contributed by atoms with van der Waals surface area (Å²) in [6, 6.07) is 9.23. The van der Waals surface area contributed by atoms with Crippen LogP contribution in [0.1, 0.15) is 5.56 Å². The van der Waals surface area contributed by atoms with E-state index in [4.69, 9.17) is 27.9 Å². The summed E-state index contributed by atoms with van der Waals surface area (Å²) < 4.78 is 5.06. The van der Waals surface area contributed by atoms with Crippen LogP contribution in [0.4, 0.5) is 11.4 Å². The van der Waals surface area contributed by atoms with Crippen LogP contribution in [0.2, 0.25) is 10.0 Å². The normalized spacial score (nSPS) is 10.8. The van der Waals surface area contributed by atoms with Crippen LogP contribution >= 0.6 is 23.2 Å². The molecule has 0 radical (unpaired) electrons. The standard InChI is InChI=1S/C14H10Cl2N2O3/c1-21-14-12(15)6-9(7-13(14)16)8-17-10-2-4-11(5-3-10)18(19)20/h2-8H,1H3. The van der Waals surface area contributed by atoms with E-state index in [9.17, 15) is 10.1 Å². The highest BCUT2D eigenvalue weighted by Crippen LogP contribution is 2.33. The number of nitro groups is 1. The van der Waals surface area contributed by atoms with Gasteiger partial charge in [-0.25, -0.2) is 0 Å². The van der Waals surface area contributed by atoms with Gasteiger partial charge >= 0.3 is 0 Å². The molecule has 0 bridgehead atoms. The number of aliphatic imine (C=N–C) groups is 1. The number of nitro benzene ring substituents is 1. The van der Waals surface area contributed by atoms with Crippen molar-refractivity contribution in [1.29, 1.82) is 0 Å². The summed E-state index contributed by atoms with van der Waals surface area (Å²) in [6.07, 6.45) is 1.57. The minimum Gasteiger partial charge on any atom is -0.494 e. The number of non-ortho nitro benzene ring substituents is 1. The highest BCUT2D eigenvalue weighted by molar-refractivity contribution is 6.37. The third kappa shape index (κ3) is 3.71. The fourth-order valence-corrected chi connectivity index (χ4v) is 2.32. The van der Waals surface area contributed by atoms with Gasteiger partial charge in [0.15, 0.2) is 5.75 Å². The molecule has 0 amide bonds. The smallest absolute Gasteiger partial charge is 0.269 e. The molecule has 0 aliphatic carbocycles. The molecule has 2 rings (SSSR count). The topological polar surface area (TPSA) is 64.7 Å². The molecule has 0 fully saturated rings. The monoisotopic (exact) mass is 324 g/mol. The van der Waals surface area contributed by atoms with Crippen LogP contribution in [0.5, 0.6) is 5.75 Å². The highest BCUT2D eigenvalue weighted by Gasteiger charge is 2.07. The molecule has 0 atom stereocenters. The second-order valence-corrected chi connectivity index (χ2v) is 4.86. The van der Waals surface area contributed by atoms with E-state index < -0.39 is 4.92 Å². The zero-order valence-corrected chi connectivity index (χ0v) is 12.4. The van der Waals surface area contributed by atoms with E-state index in [1.54, 1.807) is 30.5 Å². The van der Waals surface area contributed by atoms with Gasteiger partial charge in [-0.3, -0.25) is 15.1 Å². The molecule has 0 spiro atoms. The summed E-state index contributed by atoms with van der Waals surface area (Å²) in [5.41, 5.74) is 1.30. The number of nitrogens with zero attached hydrogens (tertiary/aromatic N) is 2. The Labute approximate surface area is 130 Å². The van der Waals surface area contributed by atoms with Crippen LogP contribution < -0.4 is 4.74 Å². The molecule has 108 valence electrons. The van der Waals surface area contributed by atoms with E-state index in [1.165, 1.54) is 19.2 Å². The van der Waals surface area contributed by atoms with Gasteiger partial charge in [-0.1, -0.05) is 23.2 Å². The maximum atomic E-state index is 10.6. The summed E-state index contributed by atoms with van der Waals surface area (Å²) in [4.78, 5) is 14.3. The van der Waals surface area contributed by atoms with Gasteiger partial charge in [-0.15, -0.1) is 0 Å². The van der Waals surface area contributed by atoms with E-state index in [0.29, 0.717) is 27.0 Å². The lowest BCUT2D eigenvalue weighted by Gasteiger charge is -2.06. The van der Waals surface area contributed by atoms with Gasteiger partial charge in [0.2, 0.25) is 0 Å². The van der Waals surface area contributed by atoms with Crippen molar-refractivity contribution >= 4 is 40.8 Å². The van der Waals surface area contributed by atoms with Crippen molar-refractivity contribution < 1.29 is 9.66 Å².